The number of hydrogen-bond donors (Lipinski definition) is 1. The minimum Gasteiger partial charge on any atom is -0.392 e. The van der Waals surface area contributed by atoms with Gasteiger partial charge in [-0.25, -0.2) is 4.98 Å². The molecule has 0 aliphatic heterocycles. The standard InChI is InChI=1S/C12H18N2O/c1-9(2)10(7-15)5-12-6-13-8-14(12)11-3-4-11/h5-6,8-9,11,15H,3-4,7H2,1-2H3. The summed E-state index contributed by atoms with van der Waals surface area (Å²) in [6, 6.07) is 0.644. The lowest BCUT2D eigenvalue weighted by atomic mass is 10.0. The molecule has 3 heteroatoms. The first-order chi connectivity index (χ1) is 7.22. The van der Waals surface area contributed by atoms with E-state index in [4.69, 9.17) is 0 Å². The van der Waals surface area contributed by atoms with Gasteiger partial charge in [0.2, 0.25) is 0 Å². The second kappa shape index (κ2) is 4.19. The molecule has 1 aliphatic carbocycles. The van der Waals surface area contributed by atoms with E-state index >= 15 is 0 Å². The Hall–Kier alpha value is -1.09. The monoisotopic (exact) mass is 206 g/mol. The van der Waals surface area contributed by atoms with Gasteiger partial charge in [0.1, 0.15) is 0 Å². The fourth-order valence-electron chi connectivity index (χ4n) is 1.67. The normalized spacial score (nSPS) is 17.5. The molecule has 82 valence electrons. The molecule has 2 rings (SSSR count). The predicted molar refractivity (Wildman–Crippen MR) is 60.4 cm³/mol. The van der Waals surface area contributed by atoms with Crippen molar-refractivity contribution in [2.24, 2.45) is 5.92 Å². The first-order valence-electron chi connectivity index (χ1n) is 5.55. The largest absolute Gasteiger partial charge is 0.392 e. The number of rotatable bonds is 4. The average Bonchev–Trinajstić information content (AvgIpc) is 2.95. The fraction of sp³-hybridized carbons (Fsp3) is 0.583. The molecule has 1 saturated carbocycles. The van der Waals surface area contributed by atoms with E-state index in [-0.39, 0.29) is 6.61 Å². The summed E-state index contributed by atoms with van der Waals surface area (Å²) in [6.07, 6.45) is 8.34. The van der Waals surface area contributed by atoms with Crippen molar-refractivity contribution in [3.8, 4) is 0 Å². The van der Waals surface area contributed by atoms with Crippen LogP contribution < -0.4 is 0 Å². The SMILES string of the molecule is CC(C)C(=Cc1cncn1C1CC1)CO. The van der Waals surface area contributed by atoms with Gasteiger partial charge in [-0.1, -0.05) is 13.8 Å². The Morgan fingerprint density at radius 2 is 2.40 bits per heavy atom. The second-order valence-electron chi connectivity index (χ2n) is 4.49. The van der Waals surface area contributed by atoms with Crippen molar-refractivity contribution in [3.05, 3.63) is 23.8 Å². The maximum Gasteiger partial charge on any atom is 0.0953 e. The molecule has 0 radical (unpaired) electrons. The molecule has 15 heavy (non-hydrogen) atoms. The zero-order valence-electron chi connectivity index (χ0n) is 9.35. The van der Waals surface area contributed by atoms with E-state index in [1.54, 1.807) is 0 Å². The van der Waals surface area contributed by atoms with Crippen LogP contribution in [0, 0.1) is 5.92 Å². The molecule has 0 atom stereocenters. The molecule has 0 saturated heterocycles. The van der Waals surface area contributed by atoms with Gasteiger partial charge in [-0.15, -0.1) is 0 Å². The van der Waals surface area contributed by atoms with E-state index in [0.717, 1.165) is 11.3 Å². The van der Waals surface area contributed by atoms with E-state index in [1.165, 1.54) is 12.8 Å². The molecule has 0 aromatic carbocycles. The van der Waals surface area contributed by atoms with Gasteiger partial charge >= 0.3 is 0 Å². The Bertz CT molecular complexity index is 361. The van der Waals surface area contributed by atoms with E-state index < -0.39 is 0 Å². The summed E-state index contributed by atoms with van der Waals surface area (Å²) in [4.78, 5) is 4.17. The fourth-order valence-corrected chi connectivity index (χ4v) is 1.67. The number of aliphatic hydroxyl groups is 1. The summed E-state index contributed by atoms with van der Waals surface area (Å²) in [7, 11) is 0. The highest BCUT2D eigenvalue weighted by Crippen LogP contribution is 2.36. The van der Waals surface area contributed by atoms with Crippen LogP contribution in [0.2, 0.25) is 0 Å². The lowest BCUT2D eigenvalue weighted by Gasteiger charge is -2.09. The maximum absolute atomic E-state index is 9.24. The van der Waals surface area contributed by atoms with E-state index in [0.29, 0.717) is 12.0 Å². The van der Waals surface area contributed by atoms with E-state index in [1.807, 2.05) is 12.5 Å². The van der Waals surface area contributed by atoms with Crippen LogP contribution in [0.3, 0.4) is 0 Å². The lowest BCUT2D eigenvalue weighted by Crippen LogP contribution is -2.01. The average molecular weight is 206 g/mol. The third-order valence-corrected chi connectivity index (χ3v) is 2.89. The van der Waals surface area contributed by atoms with Crippen LogP contribution in [-0.4, -0.2) is 21.3 Å². The van der Waals surface area contributed by atoms with Gasteiger partial charge in [-0.3, -0.25) is 0 Å². The first-order valence-corrected chi connectivity index (χ1v) is 5.55. The molecule has 0 spiro atoms. The van der Waals surface area contributed by atoms with Gasteiger partial charge in [-0.05, 0) is 30.4 Å². The summed E-state index contributed by atoms with van der Waals surface area (Å²) in [5.41, 5.74) is 2.19. The Labute approximate surface area is 90.5 Å². The number of nitrogens with zero attached hydrogens (tertiary/aromatic N) is 2. The highest BCUT2D eigenvalue weighted by atomic mass is 16.3. The lowest BCUT2D eigenvalue weighted by molar-refractivity contribution is 0.320. The van der Waals surface area contributed by atoms with Crippen LogP contribution in [0.25, 0.3) is 6.08 Å². The third kappa shape index (κ3) is 2.29. The Morgan fingerprint density at radius 1 is 1.67 bits per heavy atom. The van der Waals surface area contributed by atoms with Gasteiger partial charge in [0.15, 0.2) is 0 Å². The molecule has 1 N–H and O–H groups in total. The zero-order valence-corrected chi connectivity index (χ0v) is 9.35. The maximum atomic E-state index is 9.24. The highest BCUT2D eigenvalue weighted by molar-refractivity contribution is 5.49. The smallest absolute Gasteiger partial charge is 0.0953 e. The number of aromatic nitrogens is 2. The summed E-state index contributed by atoms with van der Waals surface area (Å²) in [5, 5.41) is 9.24. The third-order valence-electron chi connectivity index (χ3n) is 2.89. The Morgan fingerprint density at radius 3 is 2.93 bits per heavy atom. The van der Waals surface area contributed by atoms with Crippen LogP contribution in [0.1, 0.15) is 38.4 Å². The Balaban J connectivity index is 2.24. The van der Waals surface area contributed by atoms with E-state index in [9.17, 15) is 5.11 Å². The van der Waals surface area contributed by atoms with Gasteiger partial charge in [0, 0.05) is 6.04 Å². The van der Waals surface area contributed by atoms with Crippen LogP contribution >= 0.6 is 0 Å². The molecule has 1 fully saturated rings. The van der Waals surface area contributed by atoms with Crippen molar-refractivity contribution in [2.45, 2.75) is 32.7 Å². The van der Waals surface area contributed by atoms with Crippen molar-refractivity contribution in [2.75, 3.05) is 6.61 Å². The first kappa shape index (κ1) is 10.4. The van der Waals surface area contributed by atoms with Crippen molar-refractivity contribution in [3.63, 3.8) is 0 Å². The van der Waals surface area contributed by atoms with Crippen molar-refractivity contribution in [1.82, 2.24) is 9.55 Å². The van der Waals surface area contributed by atoms with Crippen LogP contribution in [0.5, 0.6) is 0 Å². The molecule has 0 bridgehead atoms. The molecule has 0 amide bonds. The van der Waals surface area contributed by atoms with Crippen LogP contribution in [-0.2, 0) is 0 Å². The molecule has 1 aliphatic rings. The van der Waals surface area contributed by atoms with Crippen molar-refractivity contribution in [1.29, 1.82) is 0 Å². The Kier molecular flexibility index (Phi) is 2.91. The van der Waals surface area contributed by atoms with E-state index in [2.05, 4.69) is 29.5 Å². The topological polar surface area (TPSA) is 38.0 Å². The van der Waals surface area contributed by atoms with Gasteiger partial charge in [-0.2, -0.15) is 0 Å². The summed E-state index contributed by atoms with van der Waals surface area (Å²) < 4.78 is 2.21. The minimum atomic E-state index is 0.132. The summed E-state index contributed by atoms with van der Waals surface area (Å²) >= 11 is 0. The van der Waals surface area contributed by atoms with Crippen molar-refractivity contribution >= 4 is 6.08 Å². The summed E-state index contributed by atoms with van der Waals surface area (Å²) in [5.74, 6) is 0.387. The minimum absolute atomic E-state index is 0.132. The van der Waals surface area contributed by atoms with Gasteiger partial charge in [0.25, 0.3) is 0 Å². The highest BCUT2D eigenvalue weighted by Gasteiger charge is 2.24. The van der Waals surface area contributed by atoms with Crippen LogP contribution in [0.4, 0.5) is 0 Å². The van der Waals surface area contributed by atoms with Gasteiger partial charge < -0.3 is 9.67 Å². The molecule has 0 unspecified atom stereocenters. The number of imidazole rings is 1. The zero-order chi connectivity index (χ0) is 10.8. The number of hydrogen-bond acceptors (Lipinski definition) is 2. The predicted octanol–water partition coefficient (Wildman–Crippen LogP) is 2.25. The quantitative estimate of drug-likeness (QED) is 0.820. The summed E-state index contributed by atoms with van der Waals surface area (Å²) in [6.45, 7) is 4.33. The van der Waals surface area contributed by atoms with Crippen molar-refractivity contribution < 1.29 is 5.11 Å². The molecule has 1 aromatic heterocycles. The molecule has 1 aromatic rings. The molecule has 3 nitrogen and oxygen atoms in total. The van der Waals surface area contributed by atoms with Crippen LogP contribution in [0.15, 0.2) is 18.1 Å². The van der Waals surface area contributed by atoms with Gasteiger partial charge in [0.05, 0.1) is 24.8 Å². The molecular weight excluding hydrogens is 188 g/mol. The molecule has 1 heterocycles. The second-order valence-corrected chi connectivity index (χ2v) is 4.49. The molecular formula is C12H18N2O. The number of aliphatic hydroxyl groups excluding tert-OH is 1.